The van der Waals surface area contributed by atoms with E-state index in [4.69, 9.17) is 0 Å². The normalized spacial score (nSPS) is 12.1. The number of aromatic nitrogens is 5. The molecule has 0 unspecified atom stereocenters. The molecule has 0 radical (unpaired) electrons. The molecule has 8 nitrogen and oxygen atoms in total. The molecule has 3 aromatic rings. The van der Waals surface area contributed by atoms with E-state index in [0.717, 1.165) is 25.2 Å². The lowest BCUT2D eigenvalue weighted by molar-refractivity contribution is -0.274. The van der Waals surface area contributed by atoms with Gasteiger partial charge in [0.1, 0.15) is 12.1 Å². The zero-order valence-corrected chi connectivity index (χ0v) is 15.3. The number of hydrogen-bond acceptors (Lipinski definition) is 6. The second kappa shape index (κ2) is 7.97. The molecule has 1 aromatic carbocycles. The third-order valence-corrected chi connectivity index (χ3v) is 4.30. The molecule has 150 valence electrons. The first-order valence-electron chi connectivity index (χ1n) is 8.71. The van der Waals surface area contributed by atoms with Crippen LogP contribution < -0.4 is 10.3 Å². The minimum atomic E-state index is -4.76. The monoisotopic (exact) mass is 396 g/mol. The summed E-state index contributed by atoms with van der Waals surface area (Å²) in [6.45, 7) is 7.03. The van der Waals surface area contributed by atoms with E-state index in [0.29, 0.717) is 18.8 Å². The number of halogens is 3. The Morgan fingerprint density at radius 3 is 2.43 bits per heavy atom. The van der Waals surface area contributed by atoms with Gasteiger partial charge in [-0.1, -0.05) is 19.1 Å². The number of alkyl halides is 3. The van der Waals surface area contributed by atoms with Gasteiger partial charge >= 0.3 is 6.36 Å². The van der Waals surface area contributed by atoms with Crippen LogP contribution in [0.15, 0.2) is 35.4 Å². The van der Waals surface area contributed by atoms with Gasteiger partial charge in [-0.25, -0.2) is 4.98 Å². The van der Waals surface area contributed by atoms with Crippen LogP contribution in [0.5, 0.6) is 5.75 Å². The van der Waals surface area contributed by atoms with Crippen molar-refractivity contribution in [3.05, 3.63) is 40.9 Å². The maximum absolute atomic E-state index is 12.6. The molecule has 2 aromatic heterocycles. The van der Waals surface area contributed by atoms with Crippen molar-refractivity contribution in [2.75, 3.05) is 19.6 Å². The smallest absolute Gasteiger partial charge is 0.406 e. The molecule has 0 N–H and O–H groups in total. The molecule has 0 bridgehead atoms. The lowest BCUT2D eigenvalue weighted by Gasteiger charge is -2.18. The first-order valence-corrected chi connectivity index (χ1v) is 8.71. The fraction of sp³-hybridized carbons (Fsp3) is 0.412. The van der Waals surface area contributed by atoms with Crippen molar-refractivity contribution >= 4 is 11.2 Å². The summed E-state index contributed by atoms with van der Waals surface area (Å²) in [5.74, 6) is -0.354. The maximum Gasteiger partial charge on any atom is 0.573 e. The zero-order valence-electron chi connectivity index (χ0n) is 15.3. The van der Waals surface area contributed by atoms with Crippen LogP contribution in [-0.2, 0) is 6.54 Å². The summed E-state index contributed by atoms with van der Waals surface area (Å²) in [7, 11) is 0. The molecule has 2 heterocycles. The molecule has 0 atom stereocenters. The van der Waals surface area contributed by atoms with Gasteiger partial charge in [-0.05, 0) is 37.4 Å². The van der Waals surface area contributed by atoms with Crippen molar-refractivity contribution in [1.29, 1.82) is 0 Å². The van der Waals surface area contributed by atoms with Crippen molar-refractivity contribution in [3.63, 3.8) is 0 Å². The maximum atomic E-state index is 12.6. The van der Waals surface area contributed by atoms with E-state index in [9.17, 15) is 18.0 Å². The van der Waals surface area contributed by atoms with Crippen molar-refractivity contribution in [3.8, 4) is 11.4 Å². The predicted molar refractivity (Wildman–Crippen MR) is 95.4 cm³/mol. The Kier molecular flexibility index (Phi) is 5.63. The fourth-order valence-corrected chi connectivity index (χ4v) is 2.76. The van der Waals surface area contributed by atoms with Crippen LogP contribution in [0.25, 0.3) is 16.9 Å². The van der Waals surface area contributed by atoms with E-state index in [1.807, 2.05) is 13.8 Å². The fourth-order valence-electron chi connectivity index (χ4n) is 2.76. The van der Waals surface area contributed by atoms with Gasteiger partial charge < -0.3 is 9.64 Å². The van der Waals surface area contributed by atoms with Gasteiger partial charge in [-0.15, -0.1) is 18.3 Å². The number of benzene rings is 1. The summed E-state index contributed by atoms with van der Waals surface area (Å²) in [6.07, 6.45) is -3.34. The van der Waals surface area contributed by atoms with E-state index in [2.05, 4.69) is 24.9 Å². The molecule has 0 aliphatic carbocycles. The van der Waals surface area contributed by atoms with E-state index >= 15 is 0 Å². The highest BCUT2D eigenvalue weighted by Gasteiger charge is 2.31. The van der Waals surface area contributed by atoms with Crippen molar-refractivity contribution < 1.29 is 17.9 Å². The summed E-state index contributed by atoms with van der Waals surface area (Å²) < 4.78 is 43.4. The summed E-state index contributed by atoms with van der Waals surface area (Å²) in [5, 5.41) is 7.81. The predicted octanol–water partition coefficient (Wildman–Crippen LogP) is 2.22. The van der Waals surface area contributed by atoms with Crippen LogP contribution in [0.3, 0.4) is 0 Å². The van der Waals surface area contributed by atoms with Gasteiger partial charge in [0.25, 0.3) is 5.56 Å². The van der Waals surface area contributed by atoms with Gasteiger partial charge in [-0.2, -0.15) is 4.68 Å². The summed E-state index contributed by atoms with van der Waals surface area (Å²) >= 11 is 0. The van der Waals surface area contributed by atoms with Gasteiger partial charge in [0, 0.05) is 13.1 Å². The first-order chi connectivity index (χ1) is 13.3. The molecule has 0 saturated heterocycles. The lowest BCUT2D eigenvalue weighted by Crippen LogP contribution is -2.31. The molecule has 0 spiro atoms. The largest absolute Gasteiger partial charge is 0.573 e. The molecule has 0 aliphatic heterocycles. The lowest BCUT2D eigenvalue weighted by atomic mass is 10.3. The van der Waals surface area contributed by atoms with Gasteiger partial charge in [0.2, 0.25) is 0 Å². The summed E-state index contributed by atoms with van der Waals surface area (Å²) in [6, 6.07) is 5.06. The molecule has 0 aliphatic rings. The van der Waals surface area contributed by atoms with Gasteiger partial charge in [0.15, 0.2) is 11.2 Å². The highest BCUT2D eigenvalue weighted by atomic mass is 19.4. The van der Waals surface area contributed by atoms with Crippen LogP contribution in [0.1, 0.15) is 13.8 Å². The number of fused-ring (bicyclic) bond motifs is 1. The van der Waals surface area contributed by atoms with Crippen molar-refractivity contribution in [2.24, 2.45) is 0 Å². The van der Waals surface area contributed by atoms with Crippen LogP contribution in [-0.4, -0.2) is 55.4 Å². The third kappa shape index (κ3) is 4.30. The molecule has 11 heteroatoms. The molecule has 28 heavy (non-hydrogen) atoms. The third-order valence-electron chi connectivity index (χ3n) is 4.30. The van der Waals surface area contributed by atoms with E-state index in [1.165, 1.54) is 27.7 Å². The number of rotatable bonds is 7. The average molecular weight is 396 g/mol. The Balaban J connectivity index is 1.86. The zero-order chi connectivity index (χ0) is 20.3. The Hall–Kier alpha value is -2.95. The number of nitrogens with zero attached hydrogens (tertiary/aromatic N) is 6. The minimum absolute atomic E-state index is 0.0951. The van der Waals surface area contributed by atoms with Crippen LogP contribution in [0.2, 0.25) is 0 Å². The number of ether oxygens (including phenoxy) is 1. The van der Waals surface area contributed by atoms with Crippen LogP contribution in [0, 0.1) is 0 Å². The van der Waals surface area contributed by atoms with Crippen LogP contribution in [0.4, 0.5) is 13.2 Å². The quantitative estimate of drug-likeness (QED) is 0.610. The van der Waals surface area contributed by atoms with E-state index < -0.39 is 6.36 Å². The summed E-state index contributed by atoms with van der Waals surface area (Å²) in [5.41, 5.74) is 0.413. The van der Waals surface area contributed by atoms with Crippen molar-refractivity contribution in [1.82, 2.24) is 29.4 Å². The molecule has 3 rings (SSSR count). The molecule has 0 amide bonds. The Bertz CT molecular complexity index is 993. The number of likely N-dealkylation sites (N-methyl/N-ethyl adjacent to an activating group) is 1. The highest BCUT2D eigenvalue weighted by molar-refractivity contribution is 5.70. The molecule has 0 fully saturated rings. The van der Waals surface area contributed by atoms with Crippen molar-refractivity contribution in [2.45, 2.75) is 26.8 Å². The molecular formula is C17H19F3N6O2. The SMILES string of the molecule is CCN(CC)CCn1cnc2c(nnn2-c2ccc(OC(F)(F)F)cc2)c1=O. The Labute approximate surface area is 158 Å². The Morgan fingerprint density at radius 1 is 1.14 bits per heavy atom. The topological polar surface area (TPSA) is 78.1 Å². The van der Waals surface area contributed by atoms with Gasteiger partial charge in [-0.3, -0.25) is 9.36 Å². The standard InChI is InChI=1S/C17H19F3N6O2/c1-3-24(4-2)9-10-25-11-21-15-14(16(25)27)22-23-26(15)12-5-7-13(8-6-12)28-17(18,19)20/h5-8,11H,3-4,9-10H2,1-2H3. The minimum Gasteiger partial charge on any atom is -0.406 e. The first kappa shape index (κ1) is 19.8. The Morgan fingerprint density at radius 2 is 1.82 bits per heavy atom. The van der Waals surface area contributed by atoms with E-state index in [-0.39, 0.29) is 22.5 Å². The molecular weight excluding hydrogens is 377 g/mol. The second-order valence-electron chi connectivity index (χ2n) is 5.99. The van der Waals surface area contributed by atoms with Crippen LogP contribution >= 0.6 is 0 Å². The van der Waals surface area contributed by atoms with Gasteiger partial charge in [0.05, 0.1) is 5.69 Å². The average Bonchev–Trinajstić information content (AvgIpc) is 3.08. The number of hydrogen-bond donors (Lipinski definition) is 0. The molecule has 0 saturated carbocycles. The second-order valence-corrected chi connectivity index (χ2v) is 5.99. The van der Waals surface area contributed by atoms with E-state index in [1.54, 1.807) is 0 Å². The summed E-state index contributed by atoms with van der Waals surface area (Å²) in [4.78, 5) is 19.1. The highest BCUT2D eigenvalue weighted by Crippen LogP contribution is 2.24.